The Labute approximate surface area is 190 Å². The van der Waals surface area contributed by atoms with Gasteiger partial charge in [-0.25, -0.2) is 12.8 Å². The quantitative estimate of drug-likeness (QED) is 0.431. The summed E-state index contributed by atoms with van der Waals surface area (Å²) in [6, 6.07) is 9.86. The Morgan fingerprint density at radius 3 is 2.03 bits per heavy atom. The second-order valence-corrected chi connectivity index (χ2v) is 8.94. The highest BCUT2D eigenvalue weighted by molar-refractivity contribution is 7.89. The molecule has 178 valence electrons. The number of rotatable bonds is 5. The van der Waals surface area contributed by atoms with Crippen molar-refractivity contribution in [2.45, 2.75) is 11.8 Å². The van der Waals surface area contributed by atoms with Crippen LogP contribution in [0.1, 0.15) is 22.8 Å². The van der Waals surface area contributed by atoms with Gasteiger partial charge in [0.2, 0.25) is 10.0 Å². The van der Waals surface area contributed by atoms with Gasteiger partial charge in [-0.2, -0.15) is 4.31 Å². The predicted molar refractivity (Wildman–Crippen MR) is 118 cm³/mol. The zero-order valence-corrected chi connectivity index (χ0v) is 18.9. The van der Waals surface area contributed by atoms with Crippen molar-refractivity contribution in [3.63, 3.8) is 0 Å². The lowest BCUT2D eigenvalue weighted by atomic mass is 10.1. The number of aliphatic carboxylic acids is 1. The second kappa shape index (κ2) is 10.9. The van der Waals surface area contributed by atoms with Gasteiger partial charge in [-0.05, 0) is 30.3 Å². The minimum Gasteiger partial charge on any atom is -0.494 e. The Morgan fingerprint density at radius 1 is 1.06 bits per heavy atom. The molecular formula is C21H25FN4O6S. The van der Waals surface area contributed by atoms with Crippen molar-refractivity contribution in [1.29, 1.82) is 5.41 Å². The Bertz CT molecular complexity index is 1130. The van der Waals surface area contributed by atoms with E-state index in [1.54, 1.807) is 29.2 Å². The van der Waals surface area contributed by atoms with Crippen LogP contribution in [0.2, 0.25) is 0 Å². The number of carbonyl (C=O) groups is 2. The zero-order valence-electron chi connectivity index (χ0n) is 18.1. The van der Waals surface area contributed by atoms with Gasteiger partial charge in [0.25, 0.3) is 11.9 Å². The third kappa shape index (κ3) is 6.49. The minimum atomic E-state index is -3.88. The molecule has 2 aromatic rings. The van der Waals surface area contributed by atoms with E-state index in [9.17, 15) is 17.6 Å². The van der Waals surface area contributed by atoms with E-state index < -0.39 is 21.8 Å². The van der Waals surface area contributed by atoms with Crippen molar-refractivity contribution >= 4 is 27.7 Å². The number of nitrogens with zero attached hydrogens (tertiary/aromatic N) is 2. The molecule has 0 radical (unpaired) electrons. The van der Waals surface area contributed by atoms with Crippen molar-refractivity contribution in [3.05, 3.63) is 59.4 Å². The number of methoxy groups -OCH3 is 1. The lowest BCUT2D eigenvalue weighted by Gasteiger charge is -2.34. The molecule has 1 aliphatic rings. The maximum Gasteiger partial charge on any atom is 0.300 e. The maximum atomic E-state index is 13.9. The molecule has 0 saturated carbocycles. The van der Waals surface area contributed by atoms with Crippen LogP contribution in [0.3, 0.4) is 0 Å². The molecule has 0 spiro atoms. The number of piperazine rings is 1. The van der Waals surface area contributed by atoms with Crippen molar-refractivity contribution in [1.82, 2.24) is 9.21 Å². The fourth-order valence-corrected chi connectivity index (χ4v) is 4.50. The summed E-state index contributed by atoms with van der Waals surface area (Å²) in [6.07, 6.45) is 0. The molecule has 1 saturated heterocycles. The van der Waals surface area contributed by atoms with Gasteiger partial charge in [-0.3, -0.25) is 15.0 Å². The molecule has 3 rings (SSSR count). The molecule has 1 amide bonds. The van der Waals surface area contributed by atoms with Crippen LogP contribution in [0.25, 0.3) is 0 Å². The number of halogens is 1. The molecule has 1 aliphatic heterocycles. The van der Waals surface area contributed by atoms with Crippen LogP contribution in [0.5, 0.6) is 5.75 Å². The van der Waals surface area contributed by atoms with E-state index in [0.717, 1.165) is 13.0 Å². The SMILES string of the molecule is CC(=O)O.COc1ccc(S(=O)(=O)N2CCN(C(=O)c3ccc(C(=N)N)cc3)CC2)cc1F. The number of nitrogens with two attached hydrogens (primary N) is 1. The highest BCUT2D eigenvalue weighted by atomic mass is 32.2. The van der Waals surface area contributed by atoms with Gasteiger partial charge in [-0.15, -0.1) is 0 Å². The lowest BCUT2D eigenvalue weighted by molar-refractivity contribution is -0.134. The van der Waals surface area contributed by atoms with E-state index in [1.807, 2.05) is 0 Å². The topological polar surface area (TPSA) is 154 Å². The van der Waals surface area contributed by atoms with Crippen LogP contribution < -0.4 is 10.5 Å². The highest BCUT2D eigenvalue weighted by Crippen LogP contribution is 2.24. The largest absolute Gasteiger partial charge is 0.494 e. The van der Waals surface area contributed by atoms with E-state index >= 15 is 0 Å². The number of benzene rings is 2. The summed E-state index contributed by atoms with van der Waals surface area (Å²) >= 11 is 0. The Kier molecular flexibility index (Phi) is 8.49. The Morgan fingerprint density at radius 2 is 1.58 bits per heavy atom. The lowest BCUT2D eigenvalue weighted by Crippen LogP contribution is -2.50. The first-order chi connectivity index (χ1) is 15.5. The minimum absolute atomic E-state index is 0.0323. The highest BCUT2D eigenvalue weighted by Gasteiger charge is 2.31. The number of nitrogen functional groups attached to an aromatic ring is 1. The maximum absolute atomic E-state index is 13.9. The molecule has 12 heteroatoms. The van der Waals surface area contributed by atoms with E-state index in [1.165, 1.54) is 23.5 Å². The molecule has 0 aliphatic carbocycles. The first-order valence-corrected chi connectivity index (χ1v) is 11.2. The van der Waals surface area contributed by atoms with Crippen LogP contribution in [0.15, 0.2) is 47.4 Å². The standard InChI is InChI=1S/C19H21FN4O4S.C2H4O2/c1-28-17-7-6-15(12-16(17)20)29(26,27)24-10-8-23(9-11-24)19(25)14-4-2-13(3-5-14)18(21)22;1-2(3)4/h2-7,12H,8-11H2,1H3,(H3,21,22);1H3,(H,3,4). The molecule has 33 heavy (non-hydrogen) atoms. The molecule has 0 aromatic heterocycles. The van der Waals surface area contributed by atoms with Crippen LogP contribution in [-0.2, 0) is 14.8 Å². The molecule has 0 unspecified atom stereocenters. The number of carboxylic acids is 1. The van der Waals surface area contributed by atoms with Crippen molar-refractivity contribution in [3.8, 4) is 5.75 Å². The molecule has 0 bridgehead atoms. The number of amides is 1. The van der Waals surface area contributed by atoms with Crippen LogP contribution >= 0.6 is 0 Å². The molecule has 10 nitrogen and oxygen atoms in total. The first-order valence-electron chi connectivity index (χ1n) is 9.74. The van der Waals surface area contributed by atoms with Crippen molar-refractivity contribution in [2.75, 3.05) is 33.3 Å². The molecule has 1 heterocycles. The first kappa shape index (κ1) is 25.7. The van der Waals surface area contributed by atoms with E-state index in [0.29, 0.717) is 11.1 Å². The summed E-state index contributed by atoms with van der Waals surface area (Å²) in [5.41, 5.74) is 6.36. The summed E-state index contributed by atoms with van der Waals surface area (Å²) in [7, 11) is -2.57. The average Bonchev–Trinajstić information content (AvgIpc) is 2.78. The van der Waals surface area contributed by atoms with E-state index in [-0.39, 0.29) is 48.6 Å². The number of nitrogens with one attached hydrogen (secondary N) is 1. The summed E-state index contributed by atoms with van der Waals surface area (Å²) in [6.45, 7) is 1.72. The van der Waals surface area contributed by atoms with Gasteiger partial charge in [-0.1, -0.05) is 12.1 Å². The number of amidine groups is 1. The summed E-state index contributed by atoms with van der Waals surface area (Å²) in [5.74, 6) is -1.93. The number of hydrogen-bond acceptors (Lipinski definition) is 6. The predicted octanol–water partition coefficient (Wildman–Crippen LogP) is 1.36. The third-order valence-corrected chi connectivity index (χ3v) is 6.62. The Hall–Kier alpha value is -3.51. The summed E-state index contributed by atoms with van der Waals surface area (Å²) < 4.78 is 45.5. The van der Waals surface area contributed by atoms with Crippen LogP contribution in [-0.4, -0.2) is 73.7 Å². The van der Waals surface area contributed by atoms with Gasteiger partial charge in [0.15, 0.2) is 11.6 Å². The van der Waals surface area contributed by atoms with Gasteiger partial charge < -0.3 is 20.5 Å². The zero-order chi connectivity index (χ0) is 24.8. The monoisotopic (exact) mass is 480 g/mol. The molecule has 4 N–H and O–H groups in total. The van der Waals surface area contributed by atoms with Gasteiger partial charge in [0.05, 0.1) is 12.0 Å². The summed E-state index contributed by atoms with van der Waals surface area (Å²) in [5, 5.41) is 14.8. The number of hydrogen-bond donors (Lipinski definition) is 3. The van der Waals surface area contributed by atoms with E-state index in [4.69, 9.17) is 25.8 Å². The molecular weight excluding hydrogens is 455 g/mol. The molecule has 2 aromatic carbocycles. The number of ether oxygens (including phenoxy) is 1. The normalized spacial score (nSPS) is 14.1. The number of carboxylic acid groups (broad SMARTS) is 1. The van der Waals surface area contributed by atoms with Gasteiger partial charge in [0.1, 0.15) is 5.84 Å². The average molecular weight is 481 g/mol. The fourth-order valence-electron chi connectivity index (χ4n) is 3.06. The third-order valence-electron chi connectivity index (χ3n) is 4.73. The molecule has 1 fully saturated rings. The Balaban J connectivity index is 0.000000890. The molecule has 0 atom stereocenters. The van der Waals surface area contributed by atoms with Crippen molar-refractivity contribution < 1.29 is 32.2 Å². The van der Waals surface area contributed by atoms with Crippen LogP contribution in [0.4, 0.5) is 4.39 Å². The van der Waals surface area contributed by atoms with Crippen LogP contribution in [0, 0.1) is 11.2 Å². The number of carbonyl (C=O) groups excluding carboxylic acids is 1. The van der Waals surface area contributed by atoms with E-state index in [2.05, 4.69) is 0 Å². The van der Waals surface area contributed by atoms with Gasteiger partial charge >= 0.3 is 0 Å². The summed E-state index contributed by atoms with van der Waals surface area (Å²) in [4.78, 5) is 23.0. The van der Waals surface area contributed by atoms with Gasteiger partial charge in [0, 0.05) is 44.2 Å². The second-order valence-electron chi connectivity index (χ2n) is 7.00. The smallest absolute Gasteiger partial charge is 0.300 e. The van der Waals surface area contributed by atoms with Crippen molar-refractivity contribution in [2.24, 2.45) is 5.73 Å². The fraction of sp³-hybridized carbons (Fsp3) is 0.286. The number of sulfonamides is 1.